The van der Waals surface area contributed by atoms with Gasteiger partial charge in [0.15, 0.2) is 0 Å². The van der Waals surface area contributed by atoms with Crippen molar-refractivity contribution < 1.29 is 0 Å². The summed E-state index contributed by atoms with van der Waals surface area (Å²) in [6.07, 6.45) is 4.00. The molecule has 1 aliphatic rings. The molecule has 3 atom stereocenters. The molecule has 1 aliphatic carbocycles. The summed E-state index contributed by atoms with van der Waals surface area (Å²) in [5.41, 5.74) is 1.21. The molecule has 0 amide bonds. The Morgan fingerprint density at radius 2 is 2.12 bits per heavy atom. The second-order valence-corrected chi connectivity index (χ2v) is 5.31. The monoisotopic (exact) mass is 221 g/mol. The first-order valence-corrected chi connectivity index (χ1v) is 6.35. The molecule has 0 saturated heterocycles. The standard InChI is InChI=1S/C13H23N3/c1-9-6-5-7-12(11(9)3)14-13-8-10(2)16(4)15-13/h8-9,11-12H,5-7H2,1-4H3,(H,14,15). The van der Waals surface area contributed by atoms with Crippen LogP contribution in [0, 0.1) is 18.8 Å². The second-order valence-electron chi connectivity index (χ2n) is 5.31. The highest BCUT2D eigenvalue weighted by Crippen LogP contribution is 2.31. The van der Waals surface area contributed by atoms with E-state index < -0.39 is 0 Å². The van der Waals surface area contributed by atoms with Crippen LogP contribution in [-0.4, -0.2) is 15.8 Å². The van der Waals surface area contributed by atoms with Crippen LogP contribution < -0.4 is 5.32 Å². The van der Waals surface area contributed by atoms with E-state index in [-0.39, 0.29) is 0 Å². The van der Waals surface area contributed by atoms with Gasteiger partial charge in [0.1, 0.15) is 5.82 Å². The van der Waals surface area contributed by atoms with Crippen LogP contribution in [0.1, 0.15) is 38.8 Å². The Morgan fingerprint density at radius 1 is 1.38 bits per heavy atom. The van der Waals surface area contributed by atoms with Gasteiger partial charge in [-0.05, 0) is 25.2 Å². The van der Waals surface area contributed by atoms with Crippen LogP contribution in [0.4, 0.5) is 5.82 Å². The summed E-state index contributed by atoms with van der Waals surface area (Å²) in [5, 5.41) is 8.06. The molecule has 16 heavy (non-hydrogen) atoms. The van der Waals surface area contributed by atoms with Crippen LogP contribution in [0.15, 0.2) is 6.07 Å². The van der Waals surface area contributed by atoms with Crippen LogP contribution in [-0.2, 0) is 7.05 Å². The van der Waals surface area contributed by atoms with E-state index in [1.807, 2.05) is 11.7 Å². The molecule has 0 aromatic carbocycles. The summed E-state index contributed by atoms with van der Waals surface area (Å²) in [5.74, 6) is 2.61. The van der Waals surface area contributed by atoms with Gasteiger partial charge in [0.2, 0.25) is 0 Å². The number of nitrogens with zero attached hydrogens (tertiary/aromatic N) is 2. The van der Waals surface area contributed by atoms with Crippen molar-refractivity contribution in [3.63, 3.8) is 0 Å². The van der Waals surface area contributed by atoms with Crippen molar-refractivity contribution in [2.45, 2.75) is 46.1 Å². The molecule has 1 heterocycles. The lowest BCUT2D eigenvalue weighted by Crippen LogP contribution is -2.35. The zero-order chi connectivity index (χ0) is 11.7. The SMILES string of the molecule is Cc1cc(NC2CCCC(C)C2C)nn1C. The number of nitrogens with one attached hydrogen (secondary N) is 1. The normalized spacial score (nSPS) is 30.4. The maximum atomic E-state index is 4.47. The third-order valence-corrected chi connectivity index (χ3v) is 4.15. The molecule has 1 aromatic heterocycles. The largest absolute Gasteiger partial charge is 0.366 e. The molecule has 3 nitrogen and oxygen atoms in total. The highest BCUT2D eigenvalue weighted by atomic mass is 15.3. The van der Waals surface area contributed by atoms with Crippen molar-refractivity contribution in [1.82, 2.24) is 9.78 Å². The molecule has 0 spiro atoms. The molecule has 90 valence electrons. The maximum absolute atomic E-state index is 4.47. The molecule has 0 radical (unpaired) electrons. The van der Waals surface area contributed by atoms with E-state index in [4.69, 9.17) is 0 Å². The van der Waals surface area contributed by atoms with Gasteiger partial charge < -0.3 is 5.32 Å². The first-order chi connectivity index (χ1) is 7.58. The van der Waals surface area contributed by atoms with Gasteiger partial charge in [0.25, 0.3) is 0 Å². The molecule has 3 unspecified atom stereocenters. The molecule has 3 heteroatoms. The van der Waals surface area contributed by atoms with E-state index in [1.165, 1.54) is 25.0 Å². The number of anilines is 1. The highest BCUT2D eigenvalue weighted by molar-refractivity contribution is 5.37. The number of aryl methyl sites for hydroxylation is 2. The van der Waals surface area contributed by atoms with Gasteiger partial charge >= 0.3 is 0 Å². The van der Waals surface area contributed by atoms with Gasteiger partial charge in [-0.3, -0.25) is 4.68 Å². The molecular weight excluding hydrogens is 198 g/mol. The molecule has 1 N–H and O–H groups in total. The lowest BCUT2D eigenvalue weighted by atomic mass is 9.78. The molecule has 1 saturated carbocycles. The fraction of sp³-hybridized carbons (Fsp3) is 0.769. The van der Waals surface area contributed by atoms with Crippen molar-refractivity contribution in [3.05, 3.63) is 11.8 Å². The van der Waals surface area contributed by atoms with Gasteiger partial charge in [-0.2, -0.15) is 5.10 Å². The van der Waals surface area contributed by atoms with E-state index in [0.29, 0.717) is 6.04 Å². The first-order valence-electron chi connectivity index (χ1n) is 6.35. The molecular formula is C13H23N3. The van der Waals surface area contributed by atoms with Crippen molar-refractivity contribution in [3.8, 4) is 0 Å². The Balaban J connectivity index is 2.03. The van der Waals surface area contributed by atoms with Gasteiger partial charge in [-0.25, -0.2) is 0 Å². The zero-order valence-electron chi connectivity index (χ0n) is 10.8. The van der Waals surface area contributed by atoms with Crippen LogP contribution in [0.3, 0.4) is 0 Å². The van der Waals surface area contributed by atoms with Crippen LogP contribution in [0.5, 0.6) is 0 Å². The predicted octanol–water partition coefficient (Wildman–Crippen LogP) is 2.97. The zero-order valence-corrected chi connectivity index (χ0v) is 10.8. The Morgan fingerprint density at radius 3 is 2.75 bits per heavy atom. The Bertz CT molecular complexity index is 337. The second kappa shape index (κ2) is 4.48. The van der Waals surface area contributed by atoms with Crippen molar-refractivity contribution in [2.75, 3.05) is 5.32 Å². The van der Waals surface area contributed by atoms with E-state index in [2.05, 4.69) is 37.3 Å². The summed E-state index contributed by atoms with van der Waals surface area (Å²) >= 11 is 0. The van der Waals surface area contributed by atoms with E-state index in [1.54, 1.807) is 0 Å². The fourth-order valence-electron chi connectivity index (χ4n) is 2.61. The Hall–Kier alpha value is -0.990. The molecule has 1 aromatic rings. The van der Waals surface area contributed by atoms with Crippen LogP contribution >= 0.6 is 0 Å². The van der Waals surface area contributed by atoms with Gasteiger partial charge in [-0.1, -0.05) is 26.7 Å². The molecule has 1 fully saturated rings. The van der Waals surface area contributed by atoms with Gasteiger partial charge in [0.05, 0.1) is 0 Å². The average Bonchev–Trinajstić information content (AvgIpc) is 2.54. The van der Waals surface area contributed by atoms with E-state index >= 15 is 0 Å². The van der Waals surface area contributed by atoms with Crippen molar-refractivity contribution in [1.29, 1.82) is 0 Å². The minimum Gasteiger partial charge on any atom is -0.366 e. The average molecular weight is 221 g/mol. The third-order valence-electron chi connectivity index (χ3n) is 4.15. The highest BCUT2D eigenvalue weighted by Gasteiger charge is 2.27. The van der Waals surface area contributed by atoms with Gasteiger partial charge in [0, 0.05) is 24.8 Å². The predicted molar refractivity (Wildman–Crippen MR) is 67.5 cm³/mol. The molecule has 0 aliphatic heterocycles. The van der Waals surface area contributed by atoms with Crippen molar-refractivity contribution in [2.24, 2.45) is 18.9 Å². The quantitative estimate of drug-likeness (QED) is 0.832. The first kappa shape index (κ1) is 11.5. The molecule has 2 rings (SSSR count). The van der Waals surface area contributed by atoms with Crippen LogP contribution in [0.2, 0.25) is 0 Å². The number of hydrogen-bond acceptors (Lipinski definition) is 2. The maximum Gasteiger partial charge on any atom is 0.148 e. The van der Waals surface area contributed by atoms with Gasteiger partial charge in [-0.15, -0.1) is 0 Å². The fourth-order valence-corrected chi connectivity index (χ4v) is 2.61. The van der Waals surface area contributed by atoms with Crippen LogP contribution in [0.25, 0.3) is 0 Å². The topological polar surface area (TPSA) is 29.9 Å². The Labute approximate surface area is 98.2 Å². The summed E-state index contributed by atoms with van der Waals surface area (Å²) in [6, 6.07) is 2.73. The van der Waals surface area contributed by atoms with E-state index in [9.17, 15) is 0 Å². The summed E-state index contributed by atoms with van der Waals surface area (Å²) < 4.78 is 1.93. The number of hydrogen-bond donors (Lipinski definition) is 1. The number of aromatic nitrogens is 2. The number of rotatable bonds is 2. The minimum absolute atomic E-state index is 0.595. The van der Waals surface area contributed by atoms with Crippen molar-refractivity contribution >= 4 is 5.82 Å². The lowest BCUT2D eigenvalue weighted by Gasteiger charge is -2.34. The lowest BCUT2D eigenvalue weighted by molar-refractivity contribution is 0.253. The summed E-state index contributed by atoms with van der Waals surface area (Å²) in [7, 11) is 1.99. The Kier molecular flexibility index (Phi) is 3.22. The third kappa shape index (κ3) is 2.23. The summed E-state index contributed by atoms with van der Waals surface area (Å²) in [6.45, 7) is 6.81. The minimum atomic E-state index is 0.595. The molecule has 0 bridgehead atoms. The smallest absolute Gasteiger partial charge is 0.148 e. The summed E-state index contributed by atoms with van der Waals surface area (Å²) in [4.78, 5) is 0. The van der Waals surface area contributed by atoms with E-state index in [0.717, 1.165) is 17.7 Å².